The molecule has 0 N–H and O–H groups in total. The number of aryl methyl sites for hydroxylation is 1. The summed E-state index contributed by atoms with van der Waals surface area (Å²) in [7, 11) is 1.41. The minimum absolute atomic E-state index is 0.0194. The lowest BCUT2D eigenvalue weighted by Gasteiger charge is -2.08. The molecule has 0 aliphatic carbocycles. The Balaban J connectivity index is 2.28. The summed E-state index contributed by atoms with van der Waals surface area (Å²) in [6.07, 6.45) is 0.0194. The Kier molecular flexibility index (Phi) is 4.55. The van der Waals surface area contributed by atoms with Gasteiger partial charge in [-0.05, 0) is 36.2 Å². The Morgan fingerprint density at radius 3 is 2.70 bits per heavy atom. The Bertz CT molecular complexity index is 653. The van der Waals surface area contributed by atoms with Crippen LogP contribution >= 0.6 is 15.9 Å². The topological polar surface area (TPSA) is 26.3 Å². The second kappa shape index (κ2) is 6.18. The average molecular weight is 337 g/mol. The molecular weight excluding hydrogens is 323 g/mol. The van der Waals surface area contributed by atoms with Gasteiger partial charge < -0.3 is 4.74 Å². The van der Waals surface area contributed by atoms with Crippen molar-refractivity contribution < 1.29 is 13.9 Å². The summed E-state index contributed by atoms with van der Waals surface area (Å²) in [6, 6.07) is 10.2. The van der Waals surface area contributed by atoms with Crippen LogP contribution in [0.5, 0.6) is 5.75 Å². The van der Waals surface area contributed by atoms with Gasteiger partial charge in [0.15, 0.2) is 17.3 Å². The summed E-state index contributed by atoms with van der Waals surface area (Å²) in [5.41, 5.74) is 1.82. The van der Waals surface area contributed by atoms with Crippen LogP contribution < -0.4 is 4.74 Å². The monoisotopic (exact) mass is 336 g/mol. The number of carbonyl (C=O) groups excluding carboxylic acids is 1. The first-order valence-corrected chi connectivity index (χ1v) is 6.93. The molecule has 0 saturated carbocycles. The molecule has 0 aliphatic rings. The van der Waals surface area contributed by atoms with Crippen LogP contribution in [0.3, 0.4) is 0 Å². The van der Waals surface area contributed by atoms with E-state index in [2.05, 4.69) is 15.9 Å². The summed E-state index contributed by atoms with van der Waals surface area (Å²) in [5, 5.41) is 0. The first-order chi connectivity index (χ1) is 9.52. The number of benzene rings is 2. The molecule has 2 nitrogen and oxygen atoms in total. The SMILES string of the molecule is COc1cccc(CC(=O)c2ccc(Br)cc2C)c1F. The predicted molar refractivity (Wildman–Crippen MR) is 79.9 cm³/mol. The summed E-state index contributed by atoms with van der Waals surface area (Å²) in [5.74, 6) is -0.428. The zero-order valence-electron chi connectivity index (χ0n) is 11.2. The minimum Gasteiger partial charge on any atom is -0.494 e. The Hall–Kier alpha value is -1.68. The third-order valence-electron chi connectivity index (χ3n) is 3.10. The summed E-state index contributed by atoms with van der Waals surface area (Å²) in [4.78, 5) is 12.3. The lowest BCUT2D eigenvalue weighted by Crippen LogP contribution is -2.07. The van der Waals surface area contributed by atoms with Crippen LogP contribution in [-0.2, 0) is 6.42 Å². The molecule has 0 spiro atoms. The molecule has 2 aromatic carbocycles. The molecule has 0 bridgehead atoms. The molecule has 0 saturated heterocycles. The molecule has 20 heavy (non-hydrogen) atoms. The molecule has 0 atom stereocenters. The summed E-state index contributed by atoms with van der Waals surface area (Å²) >= 11 is 3.35. The summed E-state index contributed by atoms with van der Waals surface area (Å²) < 4.78 is 19.9. The van der Waals surface area contributed by atoms with Crippen molar-refractivity contribution in [3.8, 4) is 5.75 Å². The van der Waals surface area contributed by atoms with Crippen LogP contribution in [0.25, 0.3) is 0 Å². The quantitative estimate of drug-likeness (QED) is 0.776. The highest BCUT2D eigenvalue weighted by atomic mass is 79.9. The van der Waals surface area contributed by atoms with E-state index in [1.54, 1.807) is 18.2 Å². The zero-order valence-corrected chi connectivity index (χ0v) is 12.8. The van der Waals surface area contributed by atoms with Gasteiger partial charge in [0.25, 0.3) is 0 Å². The van der Waals surface area contributed by atoms with Gasteiger partial charge in [-0.1, -0.05) is 34.1 Å². The van der Waals surface area contributed by atoms with Gasteiger partial charge in [-0.25, -0.2) is 4.39 Å². The molecule has 0 aromatic heterocycles. The first-order valence-electron chi connectivity index (χ1n) is 6.13. The average Bonchev–Trinajstić information content (AvgIpc) is 2.41. The van der Waals surface area contributed by atoms with E-state index in [-0.39, 0.29) is 18.0 Å². The largest absolute Gasteiger partial charge is 0.494 e. The Morgan fingerprint density at radius 1 is 1.30 bits per heavy atom. The van der Waals surface area contributed by atoms with E-state index in [4.69, 9.17) is 4.74 Å². The van der Waals surface area contributed by atoms with Crippen LogP contribution in [0.4, 0.5) is 4.39 Å². The molecule has 0 radical (unpaired) electrons. The smallest absolute Gasteiger partial charge is 0.168 e. The third kappa shape index (κ3) is 3.07. The number of halogens is 2. The Labute approximate surface area is 125 Å². The fourth-order valence-corrected chi connectivity index (χ4v) is 2.53. The van der Waals surface area contributed by atoms with E-state index in [0.29, 0.717) is 11.1 Å². The van der Waals surface area contributed by atoms with Crippen molar-refractivity contribution in [1.82, 2.24) is 0 Å². The normalized spacial score (nSPS) is 10.4. The second-order valence-electron chi connectivity index (χ2n) is 4.49. The first kappa shape index (κ1) is 14.7. The van der Waals surface area contributed by atoms with Crippen molar-refractivity contribution in [2.75, 3.05) is 7.11 Å². The van der Waals surface area contributed by atoms with Crippen molar-refractivity contribution in [3.63, 3.8) is 0 Å². The fraction of sp³-hybridized carbons (Fsp3) is 0.188. The van der Waals surface area contributed by atoms with Crippen LogP contribution in [0.15, 0.2) is 40.9 Å². The van der Waals surface area contributed by atoms with Gasteiger partial charge in [0.05, 0.1) is 7.11 Å². The van der Waals surface area contributed by atoms with Crippen molar-refractivity contribution in [2.24, 2.45) is 0 Å². The van der Waals surface area contributed by atoms with Gasteiger partial charge in [-0.2, -0.15) is 0 Å². The van der Waals surface area contributed by atoms with E-state index in [1.165, 1.54) is 13.2 Å². The van der Waals surface area contributed by atoms with Gasteiger partial charge >= 0.3 is 0 Å². The number of ketones is 1. The molecule has 0 amide bonds. The molecule has 4 heteroatoms. The van der Waals surface area contributed by atoms with Crippen LogP contribution in [0.2, 0.25) is 0 Å². The number of rotatable bonds is 4. The van der Waals surface area contributed by atoms with Gasteiger partial charge in [0.1, 0.15) is 0 Å². The van der Waals surface area contributed by atoms with E-state index in [1.807, 2.05) is 19.1 Å². The number of Topliss-reactive ketones (excluding diaryl/α,β-unsaturated/α-hetero) is 1. The highest BCUT2D eigenvalue weighted by Gasteiger charge is 2.15. The van der Waals surface area contributed by atoms with Crippen LogP contribution in [0.1, 0.15) is 21.5 Å². The molecule has 2 rings (SSSR count). The highest BCUT2D eigenvalue weighted by molar-refractivity contribution is 9.10. The van der Waals surface area contributed by atoms with Gasteiger partial charge in [0, 0.05) is 16.5 Å². The lowest BCUT2D eigenvalue weighted by molar-refractivity contribution is 0.0991. The van der Waals surface area contributed by atoms with E-state index in [9.17, 15) is 9.18 Å². The van der Waals surface area contributed by atoms with E-state index >= 15 is 0 Å². The van der Waals surface area contributed by atoms with Crippen LogP contribution in [-0.4, -0.2) is 12.9 Å². The van der Waals surface area contributed by atoms with Gasteiger partial charge in [-0.15, -0.1) is 0 Å². The maximum absolute atomic E-state index is 14.0. The molecule has 0 fully saturated rings. The standard InChI is InChI=1S/C16H14BrFO2/c1-10-8-12(17)6-7-13(10)14(19)9-11-4-3-5-15(20-2)16(11)18/h3-8H,9H2,1-2H3. The molecule has 0 aliphatic heterocycles. The Morgan fingerprint density at radius 2 is 2.05 bits per heavy atom. The number of hydrogen-bond donors (Lipinski definition) is 0. The zero-order chi connectivity index (χ0) is 14.7. The van der Waals surface area contributed by atoms with Crippen molar-refractivity contribution in [1.29, 1.82) is 0 Å². The number of hydrogen-bond acceptors (Lipinski definition) is 2. The van der Waals surface area contributed by atoms with Crippen molar-refractivity contribution in [3.05, 3.63) is 63.4 Å². The second-order valence-corrected chi connectivity index (χ2v) is 5.41. The van der Waals surface area contributed by atoms with Crippen molar-refractivity contribution in [2.45, 2.75) is 13.3 Å². The molecule has 0 unspecified atom stereocenters. The third-order valence-corrected chi connectivity index (χ3v) is 3.60. The lowest BCUT2D eigenvalue weighted by atomic mass is 9.99. The highest BCUT2D eigenvalue weighted by Crippen LogP contribution is 2.23. The number of ether oxygens (including phenoxy) is 1. The molecule has 104 valence electrons. The number of carbonyl (C=O) groups is 1. The number of methoxy groups -OCH3 is 1. The molecule has 0 heterocycles. The predicted octanol–water partition coefficient (Wildman–Crippen LogP) is 4.33. The molecule has 2 aromatic rings. The van der Waals surface area contributed by atoms with Crippen molar-refractivity contribution >= 4 is 21.7 Å². The van der Waals surface area contributed by atoms with Gasteiger partial charge in [-0.3, -0.25) is 4.79 Å². The fourth-order valence-electron chi connectivity index (χ4n) is 2.06. The van der Waals surface area contributed by atoms with Gasteiger partial charge in [0.2, 0.25) is 0 Å². The van der Waals surface area contributed by atoms with E-state index in [0.717, 1.165) is 10.0 Å². The maximum atomic E-state index is 14.0. The molecular formula is C16H14BrFO2. The van der Waals surface area contributed by atoms with Crippen LogP contribution in [0, 0.1) is 12.7 Å². The minimum atomic E-state index is -0.474. The summed E-state index contributed by atoms with van der Waals surface area (Å²) in [6.45, 7) is 1.86. The maximum Gasteiger partial charge on any atom is 0.168 e. The van der Waals surface area contributed by atoms with E-state index < -0.39 is 5.82 Å².